The van der Waals surface area contributed by atoms with Gasteiger partial charge in [-0.15, -0.1) is 0 Å². The molecule has 0 aliphatic heterocycles. The Morgan fingerprint density at radius 2 is 2.33 bits per heavy atom. The van der Waals surface area contributed by atoms with Crippen molar-refractivity contribution in [2.75, 3.05) is 6.61 Å². The lowest BCUT2D eigenvalue weighted by Crippen LogP contribution is -2.31. The molecule has 0 radical (unpaired) electrons. The molecule has 0 amide bonds. The average molecular weight is 333 g/mol. The number of carbonyl (C=O) groups is 1. The first kappa shape index (κ1) is 13.8. The molecule has 2 rings (SSSR count). The van der Waals surface area contributed by atoms with Gasteiger partial charge in [0.25, 0.3) is 0 Å². The van der Waals surface area contributed by atoms with Crippen molar-refractivity contribution in [2.24, 2.45) is 0 Å². The van der Waals surface area contributed by atoms with Crippen LogP contribution in [0.15, 0.2) is 22.7 Å². The molecule has 1 unspecified atom stereocenters. The van der Waals surface area contributed by atoms with Crippen LogP contribution >= 0.6 is 27.5 Å². The molecule has 1 aliphatic rings. The molecule has 1 fully saturated rings. The zero-order chi connectivity index (χ0) is 13.1. The maximum atomic E-state index is 12.0. The van der Waals surface area contributed by atoms with Crippen molar-refractivity contribution >= 4 is 33.5 Å². The van der Waals surface area contributed by atoms with Gasteiger partial charge >= 0.3 is 5.97 Å². The van der Waals surface area contributed by atoms with Gasteiger partial charge < -0.3 is 4.74 Å². The fourth-order valence-electron chi connectivity index (χ4n) is 1.70. The summed E-state index contributed by atoms with van der Waals surface area (Å²) in [5, 5.41) is 3.93. The molecule has 3 nitrogen and oxygen atoms in total. The maximum Gasteiger partial charge on any atom is 0.327 e. The minimum Gasteiger partial charge on any atom is -0.465 e. The summed E-state index contributed by atoms with van der Waals surface area (Å²) in [6.07, 6.45) is 2.23. The fourth-order valence-corrected chi connectivity index (χ4v) is 2.22. The van der Waals surface area contributed by atoms with Crippen LogP contribution < -0.4 is 5.32 Å². The van der Waals surface area contributed by atoms with E-state index in [-0.39, 0.29) is 5.97 Å². The maximum absolute atomic E-state index is 12.0. The summed E-state index contributed by atoms with van der Waals surface area (Å²) in [6, 6.07) is 5.50. The molecule has 1 N–H and O–H groups in total. The molecule has 1 saturated carbocycles. The molecule has 5 heteroatoms. The highest BCUT2D eigenvalue weighted by atomic mass is 79.9. The predicted molar refractivity (Wildman–Crippen MR) is 74.7 cm³/mol. The van der Waals surface area contributed by atoms with E-state index in [0.717, 1.165) is 22.9 Å². The normalized spacial score (nSPS) is 16.4. The molecule has 0 spiro atoms. The van der Waals surface area contributed by atoms with E-state index in [2.05, 4.69) is 21.2 Å². The lowest BCUT2D eigenvalue weighted by Gasteiger charge is -2.17. The molecule has 1 aliphatic carbocycles. The van der Waals surface area contributed by atoms with Gasteiger partial charge in [-0.3, -0.25) is 5.32 Å². The van der Waals surface area contributed by atoms with Gasteiger partial charge in [0.1, 0.15) is 6.04 Å². The third kappa shape index (κ3) is 3.46. The number of ether oxygens (including phenoxy) is 1. The second-order valence-corrected chi connectivity index (χ2v) is 5.56. The van der Waals surface area contributed by atoms with Crippen LogP contribution in [0.1, 0.15) is 31.4 Å². The molecule has 1 atom stereocenters. The molecule has 0 saturated heterocycles. The van der Waals surface area contributed by atoms with Gasteiger partial charge in [0.2, 0.25) is 0 Å². The smallest absolute Gasteiger partial charge is 0.327 e. The summed E-state index contributed by atoms with van der Waals surface area (Å²) in [4.78, 5) is 12.0. The summed E-state index contributed by atoms with van der Waals surface area (Å²) >= 11 is 9.33. The van der Waals surface area contributed by atoms with E-state index < -0.39 is 6.04 Å². The second-order valence-electron chi connectivity index (χ2n) is 4.30. The Hall–Kier alpha value is -0.580. The third-order valence-electron chi connectivity index (χ3n) is 2.78. The van der Waals surface area contributed by atoms with Gasteiger partial charge in [-0.2, -0.15) is 0 Å². The van der Waals surface area contributed by atoms with E-state index >= 15 is 0 Å². The lowest BCUT2D eigenvalue weighted by atomic mass is 10.1. The number of esters is 1. The zero-order valence-corrected chi connectivity index (χ0v) is 12.4. The largest absolute Gasteiger partial charge is 0.465 e. The number of halogens is 2. The van der Waals surface area contributed by atoms with Gasteiger partial charge in [0.05, 0.1) is 11.6 Å². The molecule has 18 heavy (non-hydrogen) atoms. The molecule has 0 bridgehead atoms. The van der Waals surface area contributed by atoms with Crippen LogP contribution in [0.3, 0.4) is 0 Å². The van der Waals surface area contributed by atoms with E-state index in [1.54, 1.807) is 6.07 Å². The minimum absolute atomic E-state index is 0.237. The summed E-state index contributed by atoms with van der Waals surface area (Å²) in [5.41, 5.74) is 0.872. The summed E-state index contributed by atoms with van der Waals surface area (Å²) in [5.74, 6) is -0.237. The Morgan fingerprint density at radius 1 is 1.61 bits per heavy atom. The van der Waals surface area contributed by atoms with Gasteiger partial charge in [-0.05, 0) is 53.4 Å². The number of rotatable bonds is 5. The van der Waals surface area contributed by atoms with Crippen LogP contribution in [0.5, 0.6) is 0 Å². The van der Waals surface area contributed by atoms with Crippen molar-refractivity contribution in [1.29, 1.82) is 0 Å². The van der Waals surface area contributed by atoms with E-state index in [4.69, 9.17) is 16.3 Å². The Kier molecular flexibility index (Phi) is 4.65. The Morgan fingerprint density at radius 3 is 2.89 bits per heavy atom. The highest BCUT2D eigenvalue weighted by Gasteiger charge is 2.30. The zero-order valence-electron chi connectivity index (χ0n) is 10.1. The fraction of sp³-hybridized carbons (Fsp3) is 0.462. The first-order chi connectivity index (χ1) is 8.61. The molecular weight excluding hydrogens is 318 g/mol. The topological polar surface area (TPSA) is 38.3 Å². The molecular formula is C13H15BrClNO2. The van der Waals surface area contributed by atoms with E-state index in [1.165, 1.54) is 0 Å². The van der Waals surface area contributed by atoms with Crippen molar-refractivity contribution in [3.63, 3.8) is 0 Å². The summed E-state index contributed by atoms with van der Waals surface area (Å²) < 4.78 is 5.89. The van der Waals surface area contributed by atoms with Gasteiger partial charge in [0, 0.05) is 10.5 Å². The Labute approximate surface area is 120 Å². The quantitative estimate of drug-likeness (QED) is 0.839. The first-order valence-corrected chi connectivity index (χ1v) is 7.16. The van der Waals surface area contributed by atoms with Crippen molar-refractivity contribution in [1.82, 2.24) is 5.32 Å². The highest BCUT2D eigenvalue weighted by molar-refractivity contribution is 9.10. The van der Waals surface area contributed by atoms with E-state index in [1.807, 2.05) is 19.1 Å². The third-order valence-corrected chi connectivity index (χ3v) is 3.99. The van der Waals surface area contributed by atoms with E-state index in [0.29, 0.717) is 17.7 Å². The van der Waals surface area contributed by atoms with Crippen LogP contribution in [0.2, 0.25) is 5.02 Å². The summed E-state index contributed by atoms with van der Waals surface area (Å²) in [7, 11) is 0. The van der Waals surface area contributed by atoms with Crippen molar-refractivity contribution < 1.29 is 9.53 Å². The minimum atomic E-state index is -0.411. The monoisotopic (exact) mass is 331 g/mol. The van der Waals surface area contributed by atoms with Crippen LogP contribution in [0, 0.1) is 0 Å². The van der Waals surface area contributed by atoms with Crippen LogP contribution in [-0.4, -0.2) is 18.6 Å². The standard InChI is InChI=1S/C13H15BrClNO2/c1-2-18-13(17)12(16-9-4-5-9)8-3-6-11(15)10(14)7-8/h3,6-7,9,12,16H,2,4-5H2,1H3. The Balaban J connectivity index is 2.20. The van der Waals surface area contributed by atoms with E-state index in [9.17, 15) is 4.79 Å². The van der Waals surface area contributed by atoms with Crippen LogP contribution in [0.25, 0.3) is 0 Å². The Bertz CT molecular complexity index is 449. The van der Waals surface area contributed by atoms with Crippen LogP contribution in [0.4, 0.5) is 0 Å². The van der Waals surface area contributed by atoms with Crippen molar-refractivity contribution in [3.8, 4) is 0 Å². The molecule has 0 heterocycles. The lowest BCUT2D eigenvalue weighted by molar-refractivity contribution is -0.145. The summed E-state index contributed by atoms with van der Waals surface area (Å²) in [6.45, 7) is 2.19. The number of hydrogen-bond donors (Lipinski definition) is 1. The van der Waals surface area contributed by atoms with Gasteiger partial charge in [-0.1, -0.05) is 17.7 Å². The first-order valence-electron chi connectivity index (χ1n) is 5.99. The number of carbonyl (C=O) groups excluding carboxylic acids is 1. The average Bonchev–Trinajstić information content (AvgIpc) is 3.14. The second kappa shape index (κ2) is 6.04. The molecule has 98 valence electrons. The highest BCUT2D eigenvalue weighted by Crippen LogP contribution is 2.29. The predicted octanol–water partition coefficient (Wildman–Crippen LogP) is 3.46. The van der Waals surface area contributed by atoms with Crippen LogP contribution in [-0.2, 0) is 9.53 Å². The number of nitrogens with one attached hydrogen (secondary N) is 1. The molecule has 1 aromatic carbocycles. The van der Waals surface area contributed by atoms with Crippen molar-refractivity contribution in [2.45, 2.75) is 31.8 Å². The molecule has 1 aromatic rings. The van der Waals surface area contributed by atoms with Crippen molar-refractivity contribution in [3.05, 3.63) is 33.3 Å². The van der Waals surface area contributed by atoms with Gasteiger partial charge in [-0.25, -0.2) is 4.79 Å². The SMILES string of the molecule is CCOC(=O)C(NC1CC1)c1ccc(Cl)c(Br)c1. The number of hydrogen-bond acceptors (Lipinski definition) is 3. The number of benzene rings is 1. The molecule has 0 aromatic heterocycles. The van der Waals surface area contributed by atoms with Gasteiger partial charge in [0.15, 0.2) is 0 Å².